The van der Waals surface area contributed by atoms with Gasteiger partial charge in [0.25, 0.3) is 5.91 Å². The second-order valence-corrected chi connectivity index (χ2v) is 8.72. The fourth-order valence-corrected chi connectivity index (χ4v) is 4.08. The topological polar surface area (TPSA) is 111 Å². The number of carbonyl (C=O) groups excluding carboxylic acids is 4. The first-order chi connectivity index (χ1) is 17.3. The molecule has 0 bridgehead atoms. The zero-order valence-corrected chi connectivity index (χ0v) is 20.3. The Bertz CT molecular complexity index is 1270. The van der Waals surface area contributed by atoms with Gasteiger partial charge in [0.15, 0.2) is 6.61 Å². The van der Waals surface area contributed by atoms with Gasteiger partial charge in [-0.1, -0.05) is 42.5 Å². The largest absolute Gasteiger partial charge is 0.452 e. The Morgan fingerprint density at radius 2 is 1.56 bits per heavy atom. The summed E-state index contributed by atoms with van der Waals surface area (Å²) in [4.78, 5) is 49.4. The lowest BCUT2D eigenvalue weighted by Gasteiger charge is -2.13. The average Bonchev–Trinajstić information content (AvgIpc) is 3.33. The van der Waals surface area contributed by atoms with E-state index in [-0.39, 0.29) is 43.3 Å². The standard InChI is InChI=1S/C27H28N4O5/c1-18-23(19(2)31(29-18)16-20-6-4-3-5-7-20)14-28-24(32)17-36-27(35)22-10-8-21(9-11-22)15-30-25(33)12-13-26(30)34/h3-11H,12-17H2,1-2H3,(H,28,32). The van der Waals surface area contributed by atoms with Gasteiger partial charge in [-0.05, 0) is 37.1 Å². The molecule has 36 heavy (non-hydrogen) atoms. The number of ether oxygens (including phenoxy) is 1. The number of rotatable bonds is 9. The molecule has 0 radical (unpaired) electrons. The van der Waals surface area contributed by atoms with E-state index in [0.717, 1.165) is 28.1 Å². The number of aryl methyl sites for hydroxylation is 1. The molecule has 186 valence electrons. The number of nitrogens with one attached hydrogen (secondary N) is 1. The van der Waals surface area contributed by atoms with Gasteiger partial charge >= 0.3 is 5.97 Å². The van der Waals surface area contributed by atoms with Crippen LogP contribution >= 0.6 is 0 Å². The molecule has 3 amide bonds. The number of aromatic nitrogens is 2. The summed E-state index contributed by atoms with van der Waals surface area (Å²) < 4.78 is 7.05. The summed E-state index contributed by atoms with van der Waals surface area (Å²) in [6, 6.07) is 16.4. The lowest BCUT2D eigenvalue weighted by atomic mass is 10.1. The number of amides is 3. The van der Waals surface area contributed by atoms with Crippen LogP contribution in [0.15, 0.2) is 54.6 Å². The Morgan fingerprint density at radius 1 is 0.917 bits per heavy atom. The molecule has 1 saturated heterocycles. The molecule has 0 saturated carbocycles. The van der Waals surface area contributed by atoms with Crippen molar-refractivity contribution < 1.29 is 23.9 Å². The quantitative estimate of drug-likeness (QED) is 0.366. The van der Waals surface area contributed by atoms with Crippen molar-refractivity contribution in [1.29, 1.82) is 0 Å². The van der Waals surface area contributed by atoms with Gasteiger partial charge in [-0.25, -0.2) is 4.79 Å². The van der Waals surface area contributed by atoms with E-state index >= 15 is 0 Å². The predicted octanol–water partition coefficient (Wildman–Crippen LogP) is 2.67. The van der Waals surface area contributed by atoms with Gasteiger partial charge in [-0.3, -0.25) is 24.0 Å². The van der Waals surface area contributed by atoms with Crippen molar-refractivity contribution >= 4 is 23.7 Å². The Labute approximate surface area is 209 Å². The Kier molecular flexibility index (Phi) is 7.58. The molecule has 1 aromatic heterocycles. The fraction of sp³-hybridized carbons (Fsp3) is 0.296. The summed E-state index contributed by atoms with van der Waals surface area (Å²) in [5.74, 6) is -1.43. The van der Waals surface area contributed by atoms with Crippen molar-refractivity contribution in [3.05, 3.63) is 88.2 Å². The van der Waals surface area contributed by atoms with Gasteiger partial charge in [0.1, 0.15) is 0 Å². The molecule has 2 aromatic carbocycles. The van der Waals surface area contributed by atoms with E-state index in [0.29, 0.717) is 6.54 Å². The number of hydrogen-bond donors (Lipinski definition) is 1. The Balaban J connectivity index is 1.25. The van der Waals surface area contributed by atoms with E-state index in [1.807, 2.05) is 48.9 Å². The minimum atomic E-state index is -0.631. The van der Waals surface area contributed by atoms with Crippen LogP contribution in [0.1, 0.15) is 51.3 Å². The maximum absolute atomic E-state index is 12.3. The number of nitrogens with zero attached hydrogens (tertiary/aromatic N) is 3. The zero-order valence-electron chi connectivity index (χ0n) is 20.3. The number of esters is 1. The summed E-state index contributed by atoms with van der Waals surface area (Å²) in [7, 11) is 0. The highest BCUT2D eigenvalue weighted by Crippen LogP contribution is 2.17. The fourth-order valence-electron chi connectivity index (χ4n) is 4.08. The second kappa shape index (κ2) is 11.0. The summed E-state index contributed by atoms with van der Waals surface area (Å²) in [6.07, 6.45) is 0.473. The van der Waals surface area contributed by atoms with E-state index in [2.05, 4.69) is 10.4 Å². The lowest BCUT2D eigenvalue weighted by Crippen LogP contribution is -2.29. The average molecular weight is 489 g/mol. The van der Waals surface area contributed by atoms with Crippen LogP contribution in [-0.4, -0.2) is 45.0 Å². The number of carbonyl (C=O) groups is 4. The lowest BCUT2D eigenvalue weighted by molar-refractivity contribution is -0.139. The van der Waals surface area contributed by atoms with Gasteiger partial charge in [-0.15, -0.1) is 0 Å². The Hall–Kier alpha value is -4.27. The SMILES string of the molecule is Cc1nn(Cc2ccccc2)c(C)c1CNC(=O)COC(=O)c1ccc(CN2C(=O)CCC2=O)cc1. The molecular formula is C27H28N4O5. The van der Waals surface area contributed by atoms with Crippen LogP contribution < -0.4 is 5.32 Å². The van der Waals surface area contributed by atoms with Crippen molar-refractivity contribution in [1.82, 2.24) is 20.0 Å². The monoisotopic (exact) mass is 488 g/mol. The molecule has 1 aliphatic rings. The van der Waals surface area contributed by atoms with Crippen molar-refractivity contribution in [3.63, 3.8) is 0 Å². The van der Waals surface area contributed by atoms with Crippen LogP contribution in [0.4, 0.5) is 0 Å². The molecule has 1 N–H and O–H groups in total. The second-order valence-electron chi connectivity index (χ2n) is 8.72. The van der Waals surface area contributed by atoms with Crippen LogP contribution in [0.3, 0.4) is 0 Å². The summed E-state index contributed by atoms with van der Waals surface area (Å²) in [5, 5.41) is 7.37. The molecule has 2 heterocycles. The highest BCUT2D eigenvalue weighted by atomic mass is 16.5. The molecule has 0 aliphatic carbocycles. The predicted molar refractivity (Wildman–Crippen MR) is 131 cm³/mol. The van der Waals surface area contributed by atoms with Crippen LogP contribution in [0.25, 0.3) is 0 Å². The van der Waals surface area contributed by atoms with Crippen molar-refractivity contribution in [2.24, 2.45) is 0 Å². The van der Waals surface area contributed by atoms with Gasteiger partial charge in [-0.2, -0.15) is 5.10 Å². The van der Waals surface area contributed by atoms with Crippen molar-refractivity contribution in [3.8, 4) is 0 Å². The minimum Gasteiger partial charge on any atom is -0.452 e. The summed E-state index contributed by atoms with van der Waals surface area (Å²) in [6.45, 7) is 4.55. The molecular weight excluding hydrogens is 460 g/mol. The van der Waals surface area contributed by atoms with Gasteiger partial charge in [0.05, 0.1) is 24.3 Å². The number of imide groups is 1. The third-order valence-corrected chi connectivity index (χ3v) is 6.19. The van der Waals surface area contributed by atoms with Gasteiger partial charge in [0.2, 0.25) is 11.8 Å². The van der Waals surface area contributed by atoms with Crippen LogP contribution in [-0.2, 0) is 38.8 Å². The minimum absolute atomic E-state index is 0.177. The first kappa shape index (κ1) is 24.8. The first-order valence-electron chi connectivity index (χ1n) is 11.7. The van der Waals surface area contributed by atoms with Crippen molar-refractivity contribution in [2.45, 2.75) is 46.3 Å². The Morgan fingerprint density at radius 3 is 2.22 bits per heavy atom. The molecule has 9 nitrogen and oxygen atoms in total. The van der Waals surface area contributed by atoms with Crippen molar-refractivity contribution in [2.75, 3.05) is 6.61 Å². The third-order valence-electron chi connectivity index (χ3n) is 6.19. The van der Waals surface area contributed by atoms with Gasteiger partial charge in [0, 0.05) is 30.6 Å². The summed E-state index contributed by atoms with van der Waals surface area (Å²) in [5.41, 5.74) is 4.86. The van der Waals surface area contributed by atoms with Crippen LogP contribution in [0.2, 0.25) is 0 Å². The molecule has 4 rings (SSSR count). The normalized spacial score (nSPS) is 13.2. The van der Waals surface area contributed by atoms with Gasteiger partial charge < -0.3 is 10.1 Å². The highest BCUT2D eigenvalue weighted by Gasteiger charge is 2.28. The zero-order chi connectivity index (χ0) is 25.7. The molecule has 1 aliphatic heterocycles. The van der Waals surface area contributed by atoms with E-state index in [1.165, 1.54) is 4.90 Å². The molecule has 0 atom stereocenters. The molecule has 0 unspecified atom stereocenters. The van der Waals surface area contributed by atoms with E-state index < -0.39 is 18.5 Å². The van der Waals surface area contributed by atoms with Crippen LogP contribution in [0, 0.1) is 13.8 Å². The summed E-state index contributed by atoms with van der Waals surface area (Å²) >= 11 is 0. The molecule has 9 heteroatoms. The smallest absolute Gasteiger partial charge is 0.338 e. The number of benzene rings is 2. The van der Waals surface area contributed by atoms with Crippen LogP contribution in [0.5, 0.6) is 0 Å². The highest BCUT2D eigenvalue weighted by molar-refractivity contribution is 6.01. The van der Waals surface area contributed by atoms with E-state index in [9.17, 15) is 19.2 Å². The third kappa shape index (κ3) is 5.86. The molecule has 0 spiro atoms. The first-order valence-corrected chi connectivity index (χ1v) is 11.7. The maximum Gasteiger partial charge on any atom is 0.338 e. The molecule has 3 aromatic rings. The van der Waals surface area contributed by atoms with E-state index in [4.69, 9.17) is 4.74 Å². The maximum atomic E-state index is 12.3. The molecule has 1 fully saturated rings. The number of hydrogen-bond acceptors (Lipinski definition) is 6. The van der Waals surface area contributed by atoms with E-state index in [1.54, 1.807) is 24.3 Å². The number of likely N-dealkylation sites (tertiary alicyclic amines) is 1.